The fourth-order valence-corrected chi connectivity index (χ4v) is 3.23. The Balaban J connectivity index is 1.61. The third kappa shape index (κ3) is 4.89. The topological polar surface area (TPSA) is 85.3 Å². The van der Waals surface area contributed by atoms with Crippen molar-refractivity contribution >= 4 is 22.5 Å². The van der Waals surface area contributed by atoms with Crippen LogP contribution in [0.2, 0.25) is 5.02 Å². The van der Waals surface area contributed by atoms with Crippen molar-refractivity contribution in [2.75, 3.05) is 6.54 Å². The molecule has 142 valence electrons. The molecule has 0 fully saturated rings. The number of fused-ring (bicyclic) bond motifs is 1. The van der Waals surface area contributed by atoms with Gasteiger partial charge in [-0.1, -0.05) is 29.8 Å². The lowest BCUT2D eigenvalue weighted by atomic mass is 10.0. The first-order valence-corrected chi connectivity index (χ1v) is 9.32. The van der Waals surface area contributed by atoms with Gasteiger partial charge in [0.05, 0.1) is 11.6 Å². The van der Waals surface area contributed by atoms with E-state index in [1.54, 1.807) is 12.1 Å². The van der Waals surface area contributed by atoms with Gasteiger partial charge in [-0.15, -0.1) is 0 Å². The minimum atomic E-state index is -0.753. The van der Waals surface area contributed by atoms with Crippen LogP contribution in [0.4, 0.5) is 0 Å². The summed E-state index contributed by atoms with van der Waals surface area (Å²) in [6.07, 6.45) is 1.10. The molecule has 3 aromatic rings. The second kappa shape index (κ2) is 8.57. The largest absolute Gasteiger partial charge is 0.506 e. The van der Waals surface area contributed by atoms with Crippen molar-refractivity contribution in [3.8, 4) is 5.75 Å². The van der Waals surface area contributed by atoms with E-state index in [0.717, 1.165) is 17.9 Å². The summed E-state index contributed by atoms with van der Waals surface area (Å²) in [5, 5.41) is 25.2. The Hall–Kier alpha value is -2.34. The number of pyridine rings is 1. The van der Waals surface area contributed by atoms with Crippen LogP contribution < -0.4 is 10.9 Å². The van der Waals surface area contributed by atoms with Crippen molar-refractivity contribution in [1.82, 2.24) is 10.3 Å². The summed E-state index contributed by atoms with van der Waals surface area (Å²) in [6.45, 7) is 2.45. The van der Waals surface area contributed by atoms with Gasteiger partial charge in [-0.2, -0.15) is 0 Å². The molecule has 4 N–H and O–H groups in total. The predicted molar refractivity (Wildman–Crippen MR) is 108 cm³/mol. The lowest BCUT2D eigenvalue weighted by molar-refractivity contribution is 0.171. The van der Waals surface area contributed by atoms with Gasteiger partial charge in [0.1, 0.15) is 5.75 Å². The minimum Gasteiger partial charge on any atom is -0.506 e. The molecule has 27 heavy (non-hydrogen) atoms. The number of aromatic nitrogens is 1. The van der Waals surface area contributed by atoms with E-state index in [0.29, 0.717) is 23.0 Å². The zero-order valence-electron chi connectivity index (χ0n) is 15.1. The second-order valence-corrected chi connectivity index (χ2v) is 7.21. The summed E-state index contributed by atoms with van der Waals surface area (Å²) in [7, 11) is 0. The van der Waals surface area contributed by atoms with E-state index in [9.17, 15) is 15.0 Å². The Labute approximate surface area is 162 Å². The number of nitrogens with one attached hydrogen (secondary N) is 2. The Morgan fingerprint density at radius 1 is 1.11 bits per heavy atom. The first-order valence-electron chi connectivity index (χ1n) is 8.95. The van der Waals surface area contributed by atoms with E-state index in [-0.39, 0.29) is 17.4 Å². The number of phenolic OH excluding ortho intramolecular Hbond substituents is 1. The van der Waals surface area contributed by atoms with Crippen LogP contribution in [0.5, 0.6) is 5.75 Å². The van der Waals surface area contributed by atoms with Gasteiger partial charge in [0.2, 0.25) is 5.56 Å². The van der Waals surface area contributed by atoms with E-state index in [2.05, 4.69) is 17.2 Å². The summed E-state index contributed by atoms with van der Waals surface area (Å²) < 4.78 is 0. The fraction of sp³-hybridized carbons (Fsp3) is 0.286. The standard InChI is InChI=1S/C21H23ClN2O3/c1-13(2-3-14-4-6-15(22)7-5-14)23-12-19(26)16-8-10-18(25)21-17(16)9-11-20(27)24-21/h4-11,13,19,23,25-26H,2-3,12H2,1H3,(H,24,27). The zero-order chi connectivity index (χ0) is 19.4. The molecule has 0 radical (unpaired) electrons. The van der Waals surface area contributed by atoms with Crippen molar-refractivity contribution in [3.63, 3.8) is 0 Å². The van der Waals surface area contributed by atoms with E-state index >= 15 is 0 Å². The maximum absolute atomic E-state index is 11.5. The normalized spacial score (nSPS) is 13.6. The van der Waals surface area contributed by atoms with Crippen molar-refractivity contribution in [2.24, 2.45) is 0 Å². The molecule has 0 amide bonds. The first kappa shape index (κ1) is 19.4. The van der Waals surface area contributed by atoms with E-state index in [1.807, 2.05) is 24.3 Å². The van der Waals surface area contributed by atoms with Crippen LogP contribution in [0.25, 0.3) is 10.9 Å². The average molecular weight is 387 g/mol. The lowest BCUT2D eigenvalue weighted by Gasteiger charge is -2.19. The molecule has 2 aromatic carbocycles. The zero-order valence-corrected chi connectivity index (χ0v) is 15.8. The summed E-state index contributed by atoms with van der Waals surface area (Å²) in [6, 6.07) is 14.2. The van der Waals surface area contributed by atoms with E-state index in [4.69, 9.17) is 11.6 Å². The van der Waals surface area contributed by atoms with Crippen LogP contribution in [0.3, 0.4) is 0 Å². The number of aromatic hydroxyl groups is 1. The number of aliphatic hydroxyl groups is 1. The Bertz CT molecular complexity index is 969. The molecular weight excluding hydrogens is 364 g/mol. The molecule has 0 bridgehead atoms. The SMILES string of the molecule is CC(CCc1ccc(Cl)cc1)NCC(O)c1ccc(O)c2[nH]c(=O)ccc12. The number of aromatic amines is 1. The summed E-state index contributed by atoms with van der Waals surface area (Å²) in [5.41, 5.74) is 1.94. The molecule has 2 unspecified atom stereocenters. The van der Waals surface area contributed by atoms with E-state index < -0.39 is 6.10 Å². The third-order valence-corrected chi connectivity index (χ3v) is 4.96. The molecule has 3 rings (SSSR count). The number of hydrogen-bond donors (Lipinski definition) is 4. The number of rotatable bonds is 7. The summed E-state index contributed by atoms with van der Waals surface area (Å²) in [4.78, 5) is 14.1. The van der Waals surface area contributed by atoms with Crippen LogP contribution in [-0.2, 0) is 6.42 Å². The van der Waals surface area contributed by atoms with Gasteiger partial charge in [-0.3, -0.25) is 4.79 Å². The average Bonchev–Trinajstić information content (AvgIpc) is 2.66. The summed E-state index contributed by atoms with van der Waals surface area (Å²) in [5.74, 6) is -0.0112. The molecule has 0 saturated carbocycles. The van der Waals surface area contributed by atoms with Gasteiger partial charge < -0.3 is 20.5 Å². The van der Waals surface area contributed by atoms with Crippen molar-refractivity contribution in [1.29, 1.82) is 0 Å². The van der Waals surface area contributed by atoms with Gasteiger partial charge >= 0.3 is 0 Å². The van der Waals surface area contributed by atoms with Crippen molar-refractivity contribution in [2.45, 2.75) is 31.9 Å². The molecule has 5 nitrogen and oxygen atoms in total. The molecule has 0 aliphatic heterocycles. The highest BCUT2D eigenvalue weighted by Crippen LogP contribution is 2.28. The molecule has 0 aliphatic carbocycles. The highest BCUT2D eigenvalue weighted by molar-refractivity contribution is 6.30. The summed E-state index contributed by atoms with van der Waals surface area (Å²) >= 11 is 5.90. The van der Waals surface area contributed by atoms with E-state index in [1.165, 1.54) is 17.7 Å². The monoisotopic (exact) mass is 386 g/mol. The molecule has 6 heteroatoms. The molecule has 0 aliphatic rings. The first-order chi connectivity index (χ1) is 12.9. The maximum atomic E-state index is 11.5. The maximum Gasteiger partial charge on any atom is 0.248 e. The highest BCUT2D eigenvalue weighted by atomic mass is 35.5. The quantitative estimate of drug-likeness (QED) is 0.500. The highest BCUT2D eigenvalue weighted by Gasteiger charge is 2.15. The Morgan fingerprint density at radius 3 is 2.59 bits per heavy atom. The van der Waals surface area contributed by atoms with Crippen LogP contribution in [0, 0.1) is 0 Å². The number of phenols is 1. The van der Waals surface area contributed by atoms with Crippen LogP contribution in [-0.4, -0.2) is 27.8 Å². The molecule has 1 aromatic heterocycles. The Kier molecular flexibility index (Phi) is 6.16. The smallest absolute Gasteiger partial charge is 0.248 e. The number of benzene rings is 2. The molecule has 2 atom stereocenters. The second-order valence-electron chi connectivity index (χ2n) is 6.78. The van der Waals surface area contributed by atoms with Crippen LogP contribution >= 0.6 is 11.6 Å². The van der Waals surface area contributed by atoms with Gasteiger partial charge in [0.15, 0.2) is 0 Å². The predicted octanol–water partition coefficient (Wildman–Crippen LogP) is 3.53. The molecular formula is C21H23ClN2O3. The van der Waals surface area contributed by atoms with Crippen LogP contribution in [0.1, 0.15) is 30.6 Å². The van der Waals surface area contributed by atoms with Crippen molar-refractivity contribution < 1.29 is 10.2 Å². The van der Waals surface area contributed by atoms with Gasteiger partial charge in [0, 0.05) is 29.1 Å². The lowest BCUT2D eigenvalue weighted by Crippen LogP contribution is -2.31. The van der Waals surface area contributed by atoms with Gasteiger partial charge in [0.25, 0.3) is 0 Å². The third-order valence-electron chi connectivity index (χ3n) is 4.70. The number of H-pyrrole nitrogens is 1. The Morgan fingerprint density at radius 2 is 1.85 bits per heavy atom. The van der Waals surface area contributed by atoms with Crippen molar-refractivity contribution in [3.05, 3.63) is 75.0 Å². The van der Waals surface area contributed by atoms with Gasteiger partial charge in [-0.05, 0) is 55.2 Å². The number of hydrogen-bond acceptors (Lipinski definition) is 4. The molecule has 1 heterocycles. The number of aliphatic hydroxyl groups excluding tert-OH is 1. The van der Waals surface area contributed by atoms with Gasteiger partial charge in [-0.25, -0.2) is 0 Å². The number of aryl methyl sites for hydroxylation is 1. The number of halogens is 1. The molecule has 0 saturated heterocycles. The molecule has 0 spiro atoms. The fourth-order valence-electron chi connectivity index (χ4n) is 3.11. The van der Waals surface area contributed by atoms with Crippen LogP contribution in [0.15, 0.2) is 53.3 Å². The minimum absolute atomic E-state index is 0.0112.